The molecule has 1 saturated heterocycles. The Morgan fingerprint density at radius 3 is 2.48 bits per heavy atom. The molecule has 2 aromatic carbocycles. The highest BCUT2D eigenvalue weighted by Gasteiger charge is 2.41. The largest absolute Gasteiger partial charge is 0.497 e. The highest BCUT2D eigenvalue weighted by Crippen LogP contribution is 2.38. The molecule has 0 saturated carbocycles. The number of ether oxygens (including phenoxy) is 1. The molecule has 156 valence electrons. The van der Waals surface area contributed by atoms with Crippen LogP contribution in [-0.4, -0.2) is 33.3 Å². The Balaban J connectivity index is 1.60. The highest BCUT2D eigenvalue weighted by molar-refractivity contribution is 8.26. The minimum absolute atomic E-state index is 0.189. The molecule has 1 atom stereocenters. The number of carboxylic acids is 1. The van der Waals surface area contributed by atoms with Crippen molar-refractivity contribution in [1.82, 2.24) is 4.90 Å². The third kappa shape index (κ3) is 4.26. The molecule has 0 radical (unpaired) electrons. The maximum atomic E-state index is 13.0. The average molecular weight is 452 g/mol. The Hall–Kier alpha value is -3.36. The van der Waals surface area contributed by atoms with E-state index < -0.39 is 17.9 Å². The van der Waals surface area contributed by atoms with E-state index in [0.717, 1.165) is 28.0 Å². The Kier molecular flexibility index (Phi) is 5.92. The van der Waals surface area contributed by atoms with Gasteiger partial charge in [-0.1, -0.05) is 54.3 Å². The van der Waals surface area contributed by atoms with Gasteiger partial charge in [-0.25, -0.2) is 4.79 Å². The number of carbonyl (C=O) groups excluding carboxylic acids is 1. The van der Waals surface area contributed by atoms with Crippen molar-refractivity contribution in [3.63, 3.8) is 0 Å². The van der Waals surface area contributed by atoms with Crippen LogP contribution in [0.5, 0.6) is 5.75 Å². The number of furan rings is 1. The predicted octanol–water partition coefficient (Wildman–Crippen LogP) is 4.98. The lowest BCUT2D eigenvalue weighted by Gasteiger charge is -2.23. The summed E-state index contributed by atoms with van der Waals surface area (Å²) in [5.74, 6) is 0.234. The number of carboxylic acid groups (broad SMARTS) is 1. The van der Waals surface area contributed by atoms with E-state index in [0.29, 0.717) is 22.0 Å². The summed E-state index contributed by atoms with van der Waals surface area (Å²) in [5, 5.41) is 9.76. The summed E-state index contributed by atoms with van der Waals surface area (Å²) in [6.45, 7) is 0. The van der Waals surface area contributed by atoms with Crippen molar-refractivity contribution in [2.75, 3.05) is 7.11 Å². The van der Waals surface area contributed by atoms with Crippen molar-refractivity contribution in [2.24, 2.45) is 0 Å². The molecule has 4 rings (SSSR count). The number of amides is 1. The first-order chi connectivity index (χ1) is 15.0. The fourth-order valence-electron chi connectivity index (χ4n) is 3.21. The number of hydrogen-bond donors (Lipinski definition) is 1. The van der Waals surface area contributed by atoms with Gasteiger partial charge in [0.05, 0.1) is 12.0 Å². The van der Waals surface area contributed by atoms with E-state index in [4.69, 9.17) is 21.4 Å². The molecule has 31 heavy (non-hydrogen) atoms. The molecule has 0 aliphatic carbocycles. The van der Waals surface area contributed by atoms with Crippen LogP contribution in [0, 0.1) is 0 Å². The second-order valence-electron chi connectivity index (χ2n) is 6.63. The van der Waals surface area contributed by atoms with Gasteiger partial charge in [-0.3, -0.25) is 9.69 Å². The minimum Gasteiger partial charge on any atom is -0.497 e. The predicted molar refractivity (Wildman–Crippen MR) is 123 cm³/mol. The van der Waals surface area contributed by atoms with Gasteiger partial charge in [0.25, 0.3) is 5.91 Å². The maximum Gasteiger partial charge on any atom is 0.331 e. The van der Waals surface area contributed by atoms with Crippen LogP contribution < -0.4 is 4.74 Å². The van der Waals surface area contributed by atoms with Crippen LogP contribution in [0.3, 0.4) is 0 Å². The number of benzene rings is 2. The van der Waals surface area contributed by atoms with E-state index in [2.05, 4.69) is 0 Å². The van der Waals surface area contributed by atoms with Crippen LogP contribution in [-0.2, 0) is 9.59 Å². The fourth-order valence-corrected chi connectivity index (χ4v) is 4.50. The second kappa shape index (κ2) is 8.79. The molecular formula is C23H17NO5S2. The van der Waals surface area contributed by atoms with Gasteiger partial charge in [0.1, 0.15) is 21.6 Å². The van der Waals surface area contributed by atoms with Crippen molar-refractivity contribution in [1.29, 1.82) is 0 Å². The van der Waals surface area contributed by atoms with Crippen LogP contribution in [0.15, 0.2) is 76.1 Å². The molecular weight excluding hydrogens is 434 g/mol. The van der Waals surface area contributed by atoms with Gasteiger partial charge in [0, 0.05) is 11.6 Å². The van der Waals surface area contributed by atoms with E-state index in [9.17, 15) is 14.7 Å². The number of aliphatic carboxylic acids is 1. The zero-order valence-corrected chi connectivity index (χ0v) is 18.0. The normalized spacial score (nSPS) is 16.0. The number of carbonyl (C=O) groups is 2. The zero-order chi connectivity index (χ0) is 22.0. The van der Waals surface area contributed by atoms with E-state index in [1.54, 1.807) is 55.7 Å². The quantitative estimate of drug-likeness (QED) is 0.418. The molecule has 0 spiro atoms. The lowest BCUT2D eigenvalue weighted by atomic mass is 10.1. The molecule has 0 bridgehead atoms. The van der Waals surface area contributed by atoms with Gasteiger partial charge >= 0.3 is 5.97 Å². The first kappa shape index (κ1) is 20.9. The monoisotopic (exact) mass is 451 g/mol. The molecule has 0 unspecified atom stereocenters. The Labute approximate surface area is 188 Å². The van der Waals surface area contributed by atoms with E-state index in [-0.39, 0.29) is 4.32 Å². The molecule has 8 heteroatoms. The van der Waals surface area contributed by atoms with Crippen molar-refractivity contribution < 1.29 is 23.8 Å². The van der Waals surface area contributed by atoms with Crippen molar-refractivity contribution >= 4 is 46.3 Å². The molecule has 1 N–H and O–H groups in total. The summed E-state index contributed by atoms with van der Waals surface area (Å²) < 4.78 is 11.2. The molecule has 1 amide bonds. The SMILES string of the molecule is COc1ccc(-c2ccc(/C=C3/SC(=S)N([C@H](C(=O)O)c4ccccc4)C3=O)o2)cc1. The number of nitrogens with zero attached hydrogens (tertiary/aromatic N) is 1. The summed E-state index contributed by atoms with van der Waals surface area (Å²) in [6.07, 6.45) is 1.58. The Morgan fingerprint density at radius 1 is 1.13 bits per heavy atom. The molecule has 1 fully saturated rings. The lowest BCUT2D eigenvalue weighted by Crippen LogP contribution is -2.37. The standard InChI is InChI=1S/C23H17NO5S2/c1-28-16-9-7-14(8-10-16)18-12-11-17(29-18)13-19-21(25)24(23(30)31-19)20(22(26)27)15-5-3-2-4-6-15/h2-13,20H,1H3,(H,26,27)/b19-13+/t20-/m0/s1. The van der Waals surface area contributed by atoms with Gasteiger partial charge < -0.3 is 14.3 Å². The van der Waals surface area contributed by atoms with Crippen molar-refractivity contribution in [3.8, 4) is 17.1 Å². The molecule has 3 aromatic rings. The summed E-state index contributed by atoms with van der Waals surface area (Å²) in [6, 6.07) is 18.3. The maximum absolute atomic E-state index is 13.0. The van der Waals surface area contributed by atoms with E-state index >= 15 is 0 Å². The van der Waals surface area contributed by atoms with Gasteiger partial charge in [-0.05, 0) is 42.0 Å². The third-order valence-corrected chi connectivity index (χ3v) is 6.04. The van der Waals surface area contributed by atoms with Gasteiger partial charge in [-0.2, -0.15) is 0 Å². The molecule has 1 aliphatic heterocycles. The first-order valence-electron chi connectivity index (χ1n) is 9.27. The second-order valence-corrected chi connectivity index (χ2v) is 8.31. The summed E-state index contributed by atoms with van der Waals surface area (Å²) in [5.41, 5.74) is 1.34. The minimum atomic E-state index is -1.19. The van der Waals surface area contributed by atoms with Gasteiger partial charge in [-0.15, -0.1) is 0 Å². The number of thioether (sulfide) groups is 1. The van der Waals surface area contributed by atoms with Crippen LogP contribution in [0.1, 0.15) is 17.4 Å². The van der Waals surface area contributed by atoms with E-state index in [1.807, 2.05) is 24.3 Å². The van der Waals surface area contributed by atoms with Crippen molar-refractivity contribution in [3.05, 3.63) is 83.0 Å². The smallest absolute Gasteiger partial charge is 0.331 e. The van der Waals surface area contributed by atoms with Crippen LogP contribution in [0.2, 0.25) is 0 Å². The first-order valence-corrected chi connectivity index (χ1v) is 10.5. The fraction of sp³-hybridized carbons (Fsp3) is 0.0870. The number of hydrogen-bond acceptors (Lipinski definition) is 6. The molecule has 2 heterocycles. The van der Waals surface area contributed by atoms with Crippen LogP contribution in [0.4, 0.5) is 0 Å². The molecule has 1 aliphatic rings. The summed E-state index contributed by atoms with van der Waals surface area (Å²) in [7, 11) is 1.60. The zero-order valence-electron chi connectivity index (χ0n) is 16.3. The Morgan fingerprint density at radius 2 is 1.84 bits per heavy atom. The average Bonchev–Trinajstić information content (AvgIpc) is 3.35. The van der Waals surface area contributed by atoms with Crippen LogP contribution >= 0.6 is 24.0 Å². The van der Waals surface area contributed by atoms with Gasteiger partial charge in [0.15, 0.2) is 6.04 Å². The Bertz CT molecular complexity index is 1170. The lowest BCUT2D eigenvalue weighted by molar-refractivity contribution is -0.145. The summed E-state index contributed by atoms with van der Waals surface area (Å²) in [4.78, 5) is 26.4. The number of rotatable bonds is 6. The topological polar surface area (TPSA) is 80.0 Å². The number of methoxy groups -OCH3 is 1. The van der Waals surface area contributed by atoms with Crippen LogP contribution in [0.25, 0.3) is 17.4 Å². The van der Waals surface area contributed by atoms with E-state index in [1.165, 1.54) is 0 Å². The molecule has 1 aromatic heterocycles. The number of thiocarbonyl (C=S) groups is 1. The third-order valence-electron chi connectivity index (χ3n) is 4.71. The summed E-state index contributed by atoms with van der Waals surface area (Å²) >= 11 is 6.39. The molecule has 6 nitrogen and oxygen atoms in total. The van der Waals surface area contributed by atoms with Gasteiger partial charge in [0.2, 0.25) is 0 Å². The highest BCUT2D eigenvalue weighted by atomic mass is 32.2. The van der Waals surface area contributed by atoms with Crippen molar-refractivity contribution in [2.45, 2.75) is 6.04 Å².